The van der Waals surface area contributed by atoms with Crippen LogP contribution in [0.4, 0.5) is 0 Å². The van der Waals surface area contributed by atoms with Crippen LogP contribution in [0.5, 0.6) is 0 Å². The van der Waals surface area contributed by atoms with Gasteiger partial charge in [-0.15, -0.1) is 22.7 Å². The minimum atomic E-state index is 0.142. The summed E-state index contributed by atoms with van der Waals surface area (Å²) < 4.78 is 6.10. The van der Waals surface area contributed by atoms with Gasteiger partial charge in [-0.3, -0.25) is 0 Å². The Labute approximate surface area is 203 Å². The number of aliphatic hydroxyl groups is 2. The Kier molecular flexibility index (Phi) is 14.2. The van der Waals surface area contributed by atoms with Gasteiger partial charge in [-0.2, -0.15) is 0 Å². The molecule has 2 aromatic rings. The third kappa shape index (κ3) is 9.57. The Bertz CT molecular complexity index is 752. The quantitative estimate of drug-likeness (QED) is 0.166. The van der Waals surface area contributed by atoms with Gasteiger partial charge in [-0.1, -0.05) is 29.1 Å². The standard InChI is InChI=1S/C22H32N2O3S2.CH3Br/c1-15-13-19(5-7-23-9-11-25)21(28-15)17(3)27-18(4)22-20(14-16(2)29-22)6-8-24-10-12-26;1-2/h13-14,23-26H,3-12H2,1-2H3;1H3. The van der Waals surface area contributed by atoms with E-state index in [1.165, 1.54) is 20.9 Å². The second kappa shape index (κ2) is 15.7. The van der Waals surface area contributed by atoms with Crippen molar-refractivity contribution in [3.05, 3.63) is 55.9 Å². The van der Waals surface area contributed by atoms with Gasteiger partial charge >= 0.3 is 0 Å². The fourth-order valence-electron chi connectivity index (χ4n) is 3.07. The molecular weight excluding hydrogens is 496 g/mol. The van der Waals surface area contributed by atoms with Crippen LogP contribution in [0, 0.1) is 13.8 Å². The highest BCUT2D eigenvalue weighted by molar-refractivity contribution is 9.08. The van der Waals surface area contributed by atoms with E-state index in [0.29, 0.717) is 24.6 Å². The van der Waals surface area contributed by atoms with Gasteiger partial charge < -0.3 is 25.6 Å². The highest BCUT2D eigenvalue weighted by atomic mass is 79.9. The molecule has 0 fully saturated rings. The first kappa shape index (κ1) is 28.0. The molecule has 0 atom stereocenters. The summed E-state index contributed by atoms with van der Waals surface area (Å²) in [6.45, 7) is 15.6. The summed E-state index contributed by atoms with van der Waals surface area (Å²) in [6.07, 6.45) is 1.71. The van der Waals surface area contributed by atoms with Crippen LogP contribution in [0.2, 0.25) is 0 Å². The molecule has 0 saturated heterocycles. The SMILES string of the molecule is C=C(OC(=C)c1sc(C)cc1CCNCCO)c1sc(C)cc1CCNCCO.CBr. The van der Waals surface area contributed by atoms with Crippen molar-refractivity contribution >= 4 is 50.1 Å². The summed E-state index contributed by atoms with van der Waals surface area (Å²) in [5.41, 5.74) is 2.40. The fraction of sp³-hybridized carbons (Fsp3) is 0.478. The minimum Gasteiger partial charge on any atom is -0.456 e. The van der Waals surface area contributed by atoms with Crippen LogP contribution >= 0.6 is 38.6 Å². The van der Waals surface area contributed by atoms with Crippen LogP contribution in [0.1, 0.15) is 30.6 Å². The molecule has 0 unspecified atom stereocenters. The number of hydrogen-bond donors (Lipinski definition) is 4. The first-order valence-corrected chi connectivity index (χ1v) is 13.4. The lowest BCUT2D eigenvalue weighted by Crippen LogP contribution is -2.21. The molecule has 0 aliphatic rings. The van der Waals surface area contributed by atoms with Crippen molar-refractivity contribution in [3.63, 3.8) is 0 Å². The van der Waals surface area contributed by atoms with E-state index in [2.05, 4.69) is 65.7 Å². The van der Waals surface area contributed by atoms with Gasteiger partial charge in [0.05, 0.1) is 23.0 Å². The van der Waals surface area contributed by atoms with E-state index in [1.807, 2.05) is 5.83 Å². The summed E-state index contributed by atoms with van der Waals surface area (Å²) in [6, 6.07) is 4.34. The van der Waals surface area contributed by atoms with Gasteiger partial charge in [0.15, 0.2) is 0 Å². The maximum absolute atomic E-state index is 8.90. The van der Waals surface area contributed by atoms with Gasteiger partial charge in [0.1, 0.15) is 11.5 Å². The molecule has 2 aromatic heterocycles. The van der Waals surface area contributed by atoms with E-state index in [-0.39, 0.29) is 13.2 Å². The number of halogens is 1. The third-order valence-electron chi connectivity index (χ3n) is 4.34. The predicted octanol–water partition coefficient (Wildman–Crippen LogP) is 4.34. The smallest absolute Gasteiger partial charge is 0.137 e. The molecule has 0 spiro atoms. The highest BCUT2D eigenvalue weighted by Crippen LogP contribution is 2.35. The molecular formula is C23H35BrN2O3S2. The zero-order valence-corrected chi connectivity index (χ0v) is 21.9. The average molecular weight is 532 g/mol. The number of nitrogens with one attached hydrogen (secondary N) is 2. The lowest BCUT2D eigenvalue weighted by atomic mass is 10.1. The van der Waals surface area contributed by atoms with Gasteiger partial charge in [0.2, 0.25) is 0 Å². The molecule has 174 valence electrons. The topological polar surface area (TPSA) is 73.8 Å². The maximum atomic E-state index is 8.90. The molecule has 2 heterocycles. The van der Waals surface area contributed by atoms with Gasteiger partial charge in [-0.25, -0.2) is 0 Å². The van der Waals surface area contributed by atoms with E-state index >= 15 is 0 Å². The number of alkyl halides is 1. The summed E-state index contributed by atoms with van der Waals surface area (Å²) >= 11 is 6.30. The first-order chi connectivity index (χ1) is 15.0. The van der Waals surface area contributed by atoms with E-state index in [4.69, 9.17) is 14.9 Å². The largest absolute Gasteiger partial charge is 0.456 e. The maximum Gasteiger partial charge on any atom is 0.137 e. The lowest BCUT2D eigenvalue weighted by Gasteiger charge is -2.13. The number of rotatable bonds is 14. The highest BCUT2D eigenvalue weighted by Gasteiger charge is 2.16. The van der Waals surface area contributed by atoms with Crippen molar-refractivity contribution in [2.45, 2.75) is 26.7 Å². The monoisotopic (exact) mass is 530 g/mol. The van der Waals surface area contributed by atoms with Crippen LogP contribution in [-0.4, -0.2) is 55.4 Å². The van der Waals surface area contributed by atoms with Crippen molar-refractivity contribution in [3.8, 4) is 0 Å². The van der Waals surface area contributed by atoms with Crippen LogP contribution in [0.25, 0.3) is 11.5 Å². The summed E-state index contributed by atoms with van der Waals surface area (Å²) in [5, 5.41) is 24.2. The molecule has 2 rings (SSSR count). The second-order valence-corrected chi connectivity index (χ2v) is 9.33. The Morgan fingerprint density at radius 1 is 0.839 bits per heavy atom. The van der Waals surface area contributed by atoms with Gasteiger partial charge in [-0.05, 0) is 68.9 Å². The Balaban J connectivity index is 0.00000233. The molecule has 0 aromatic carbocycles. The number of aryl methyl sites for hydroxylation is 2. The zero-order valence-electron chi connectivity index (χ0n) is 18.7. The summed E-state index contributed by atoms with van der Waals surface area (Å²) in [5.74, 6) is 3.06. The molecule has 0 aliphatic carbocycles. The van der Waals surface area contributed by atoms with Crippen molar-refractivity contribution in [1.82, 2.24) is 10.6 Å². The minimum absolute atomic E-state index is 0.142. The number of ether oxygens (including phenoxy) is 1. The number of aliphatic hydroxyl groups excluding tert-OH is 2. The van der Waals surface area contributed by atoms with Crippen molar-refractivity contribution in [2.75, 3.05) is 45.2 Å². The van der Waals surface area contributed by atoms with Crippen molar-refractivity contribution in [2.24, 2.45) is 0 Å². The molecule has 0 aliphatic heterocycles. The Morgan fingerprint density at radius 2 is 1.23 bits per heavy atom. The van der Waals surface area contributed by atoms with Crippen molar-refractivity contribution in [1.29, 1.82) is 0 Å². The number of hydrogen-bond acceptors (Lipinski definition) is 7. The molecule has 0 radical (unpaired) electrons. The van der Waals surface area contributed by atoms with Gasteiger partial charge in [0.25, 0.3) is 0 Å². The summed E-state index contributed by atoms with van der Waals surface area (Å²) in [7, 11) is 0. The average Bonchev–Trinajstić information content (AvgIpc) is 3.32. The van der Waals surface area contributed by atoms with Crippen LogP contribution in [-0.2, 0) is 17.6 Å². The Morgan fingerprint density at radius 3 is 1.58 bits per heavy atom. The lowest BCUT2D eigenvalue weighted by molar-refractivity contribution is 0.292. The first-order valence-electron chi connectivity index (χ1n) is 10.2. The van der Waals surface area contributed by atoms with E-state index in [1.54, 1.807) is 22.7 Å². The van der Waals surface area contributed by atoms with Crippen LogP contribution < -0.4 is 10.6 Å². The molecule has 0 amide bonds. The normalized spacial score (nSPS) is 10.5. The van der Waals surface area contributed by atoms with Crippen LogP contribution in [0.15, 0.2) is 25.3 Å². The van der Waals surface area contributed by atoms with E-state index in [9.17, 15) is 0 Å². The predicted molar refractivity (Wildman–Crippen MR) is 139 cm³/mol. The molecule has 0 bridgehead atoms. The number of thiophene rings is 2. The molecule has 8 heteroatoms. The van der Waals surface area contributed by atoms with Crippen LogP contribution in [0.3, 0.4) is 0 Å². The third-order valence-corrected chi connectivity index (χ3v) is 6.60. The zero-order chi connectivity index (χ0) is 23.2. The van der Waals surface area contributed by atoms with E-state index in [0.717, 1.165) is 35.7 Å². The molecule has 0 saturated carbocycles. The van der Waals surface area contributed by atoms with Crippen molar-refractivity contribution < 1.29 is 14.9 Å². The van der Waals surface area contributed by atoms with Gasteiger partial charge in [0, 0.05) is 22.8 Å². The Hall–Kier alpha value is -1.00. The molecule has 5 nitrogen and oxygen atoms in total. The molecule has 31 heavy (non-hydrogen) atoms. The molecule has 4 N–H and O–H groups in total. The van der Waals surface area contributed by atoms with E-state index < -0.39 is 0 Å². The fourth-order valence-corrected chi connectivity index (χ4v) is 5.01. The summed E-state index contributed by atoms with van der Waals surface area (Å²) in [4.78, 5) is 4.54. The second-order valence-electron chi connectivity index (χ2n) is 6.82.